The van der Waals surface area contributed by atoms with E-state index in [9.17, 15) is 15.1 Å². The molecule has 9 aromatic rings. The highest BCUT2D eigenvalue weighted by Gasteiger charge is 2.17. The molecule has 1 aromatic heterocycles. The predicted molar refractivity (Wildman–Crippen MR) is 202 cm³/mol. The number of hydrogen-bond donors (Lipinski definition) is 0. The van der Waals surface area contributed by atoms with Crippen molar-refractivity contribution >= 4 is 49.8 Å². The summed E-state index contributed by atoms with van der Waals surface area (Å²) >= 11 is 0. The lowest BCUT2D eigenvalue weighted by Gasteiger charge is -2.26. The van der Waals surface area contributed by atoms with Gasteiger partial charge in [0.2, 0.25) is 0 Å². The third-order valence-corrected chi connectivity index (χ3v) is 8.29. The molecule has 0 saturated carbocycles. The number of hydrogen-bond acceptors (Lipinski definition) is 2. The third kappa shape index (κ3) is 4.92. The van der Waals surface area contributed by atoms with E-state index in [1.807, 2.05) is 36.4 Å². The predicted octanol–water partition coefficient (Wildman–Crippen LogP) is 13.2. The zero-order chi connectivity index (χ0) is 42.3. The largest absolute Gasteiger partial charge is 0.455 e. The lowest BCUT2D eigenvalue weighted by Crippen LogP contribution is -2.10. The molecule has 0 radical (unpaired) electrons. The van der Waals surface area contributed by atoms with Gasteiger partial charge < -0.3 is 9.32 Å². The molecule has 226 valence electrons. The normalized spacial score (nSPS) is 14.8. The average molecular weight is 626 g/mol. The van der Waals surface area contributed by atoms with Crippen LogP contribution in [0.15, 0.2) is 192 Å². The molecule has 9 rings (SSSR count). The van der Waals surface area contributed by atoms with Gasteiger partial charge in [0.15, 0.2) is 0 Å². The zero-order valence-corrected chi connectivity index (χ0v) is 25.3. The van der Waals surface area contributed by atoms with Crippen molar-refractivity contribution in [3.05, 3.63) is 188 Å². The molecule has 0 fully saturated rings. The van der Waals surface area contributed by atoms with Gasteiger partial charge in [-0.15, -0.1) is 0 Å². The van der Waals surface area contributed by atoms with Crippen LogP contribution in [0.2, 0.25) is 0 Å². The van der Waals surface area contributed by atoms with Crippen molar-refractivity contribution in [3.63, 3.8) is 0 Å². The topological polar surface area (TPSA) is 16.4 Å². The minimum Gasteiger partial charge on any atom is -0.455 e. The van der Waals surface area contributed by atoms with Crippen LogP contribution in [0.4, 0.5) is 17.1 Å². The van der Waals surface area contributed by atoms with E-state index in [2.05, 4.69) is 0 Å². The quantitative estimate of drug-likeness (QED) is 0.183. The molecule has 0 bridgehead atoms. The Morgan fingerprint density at radius 2 is 1.06 bits per heavy atom. The molecule has 8 aromatic carbocycles. The summed E-state index contributed by atoms with van der Waals surface area (Å²) in [6.07, 6.45) is 0. The first-order chi connectivity index (χ1) is 28.8. The third-order valence-electron chi connectivity index (χ3n) is 8.29. The minimum atomic E-state index is -0.739. The summed E-state index contributed by atoms with van der Waals surface area (Å²) in [5.41, 5.74) is 0.148. The Morgan fingerprint density at radius 3 is 1.73 bits per heavy atom. The molecule has 0 unspecified atom stereocenters. The summed E-state index contributed by atoms with van der Waals surface area (Å²) in [6.45, 7) is 0. The first-order valence-electron chi connectivity index (χ1n) is 21.4. The lowest BCUT2D eigenvalue weighted by atomic mass is 9.97. The summed E-state index contributed by atoms with van der Waals surface area (Å²) in [5, 5.41) is 2.93. The van der Waals surface area contributed by atoms with E-state index in [1.165, 1.54) is 0 Å². The molecule has 0 amide bonds. The number of furan rings is 1. The van der Waals surface area contributed by atoms with Gasteiger partial charge in [0, 0.05) is 33.2 Å². The van der Waals surface area contributed by atoms with Crippen LogP contribution in [-0.4, -0.2) is 0 Å². The van der Waals surface area contributed by atoms with Crippen LogP contribution >= 0.6 is 0 Å². The van der Waals surface area contributed by atoms with E-state index < -0.39 is 89.6 Å². The zero-order valence-electron chi connectivity index (χ0n) is 37.3. The van der Waals surface area contributed by atoms with Crippen LogP contribution in [0, 0.1) is 0 Å². The van der Waals surface area contributed by atoms with E-state index in [0.717, 1.165) is 15.7 Å². The van der Waals surface area contributed by atoms with Crippen molar-refractivity contribution in [2.24, 2.45) is 0 Å². The van der Waals surface area contributed by atoms with Gasteiger partial charge in [-0.25, -0.2) is 0 Å². The second kappa shape index (κ2) is 11.8. The van der Waals surface area contributed by atoms with Gasteiger partial charge in [-0.3, -0.25) is 0 Å². The van der Waals surface area contributed by atoms with Gasteiger partial charge in [0.05, 0.1) is 16.4 Å². The van der Waals surface area contributed by atoms with Crippen molar-refractivity contribution in [3.8, 4) is 33.4 Å². The van der Waals surface area contributed by atoms with Gasteiger partial charge in [-0.2, -0.15) is 0 Å². The van der Waals surface area contributed by atoms with Gasteiger partial charge in [0.25, 0.3) is 0 Å². The van der Waals surface area contributed by atoms with Crippen molar-refractivity contribution in [2.75, 3.05) is 4.90 Å². The number of rotatable bonds is 6. The molecule has 0 spiro atoms. The number of nitrogens with zero attached hydrogens (tertiary/aromatic N) is 1. The van der Waals surface area contributed by atoms with Crippen molar-refractivity contribution in [1.82, 2.24) is 0 Å². The standard InChI is InChI=1S/C46H31NO/c1-3-11-32(12-4-1)34-21-26-38(27-22-34)47(39-28-23-35(24-29-39)33-13-5-2-6-14-33)40-17-9-16-37(31-40)41-19-10-20-44-45(41)43-30-25-36-15-7-8-18-42(36)46(43)48-44/h1-31H/i9D,16D,17D,21D,22D,23D,24D,26D,27D,28D,29D,31D. The fraction of sp³-hybridized carbons (Fsp3) is 0. The summed E-state index contributed by atoms with van der Waals surface area (Å²) in [5.74, 6) is 0. The van der Waals surface area contributed by atoms with Gasteiger partial charge in [-0.05, 0) is 87.2 Å². The van der Waals surface area contributed by atoms with E-state index in [1.54, 1.807) is 78.9 Å². The highest BCUT2D eigenvalue weighted by atomic mass is 16.3. The summed E-state index contributed by atoms with van der Waals surface area (Å²) in [6, 6.07) is 26.2. The molecule has 2 nitrogen and oxygen atoms in total. The molecule has 48 heavy (non-hydrogen) atoms. The summed E-state index contributed by atoms with van der Waals surface area (Å²) in [4.78, 5) is 0.873. The van der Waals surface area contributed by atoms with Crippen molar-refractivity contribution < 1.29 is 20.9 Å². The highest BCUT2D eigenvalue weighted by Crippen LogP contribution is 2.42. The SMILES string of the molecule is [2H]c1c([2H])c(-c2cccc3oc4c5ccccc5ccc4c23)c([2H])c(N(c2c([2H])c([2H])c(-c3ccccc3)c([2H])c2[2H])c2c([2H])c([2H])c(-c3ccccc3)c([2H])c2[2H])c1[2H]. The Hall–Kier alpha value is -6.38. The Bertz CT molecular complexity index is 3080. The van der Waals surface area contributed by atoms with Gasteiger partial charge >= 0.3 is 0 Å². The van der Waals surface area contributed by atoms with E-state index in [4.69, 9.17) is 5.79 Å². The first-order valence-corrected chi connectivity index (χ1v) is 15.4. The number of fused-ring (bicyclic) bond motifs is 5. The van der Waals surface area contributed by atoms with Crippen molar-refractivity contribution in [1.29, 1.82) is 0 Å². The maximum atomic E-state index is 9.88. The molecular formula is C46H31NO. The average Bonchev–Trinajstić information content (AvgIpc) is 3.65. The van der Waals surface area contributed by atoms with Crippen LogP contribution in [0.5, 0.6) is 0 Å². The van der Waals surface area contributed by atoms with Crippen LogP contribution < -0.4 is 4.90 Å². The molecule has 0 aliphatic rings. The smallest absolute Gasteiger partial charge is 0.143 e. The second-order valence-corrected chi connectivity index (χ2v) is 11.2. The molecule has 0 aliphatic carbocycles. The molecular weight excluding hydrogens is 583 g/mol. The Morgan fingerprint density at radius 1 is 0.438 bits per heavy atom. The Balaban J connectivity index is 1.41. The van der Waals surface area contributed by atoms with Crippen LogP contribution in [-0.2, 0) is 0 Å². The van der Waals surface area contributed by atoms with Crippen LogP contribution in [0.25, 0.3) is 66.1 Å². The lowest BCUT2D eigenvalue weighted by molar-refractivity contribution is 0.673. The van der Waals surface area contributed by atoms with Gasteiger partial charge in [-0.1, -0.05) is 139 Å². The van der Waals surface area contributed by atoms with E-state index >= 15 is 0 Å². The Labute approximate surface area is 296 Å². The molecule has 0 atom stereocenters. The van der Waals surface area contributed by atoms with Crippen LogP contribution in [0.1, 0.15) is 16.4 Å². The van der Waals surface area contributed by atoms with Crippen molar-refractivity contribution in [2.45, 2.75) is 0 Å². The monoisotopic (exact) mass is 625 g/mol. The highest BCUT2D eigenvalue weighted by molar-refractivity contribution is 6.19. The maximum absolute atomic E-state index is 9.88. The fourth-order valence-corrected chi connectivity index (χ4v) is 6.01. The maximum Gasteiger partial charge on any atom is 0.143 e. The summed E-state index contributed by atoms with van der Waals surface area (Å²) < 4.78 is 118. The summed E-state index contributed by atoms with van der Waals surface area (Å²) in [7, 11) is 0. The molecule has 2 heteroatoms. The number of benzene rings is 8. The van der Waals surface area contributed by atoms with Gasteiger partial charge in [0.1, 0.15) is 11.2 Å². The Kier molecular flexibility index (Phi) is 4.43. The second-order valence-electron chi connectivity index (χ2n) is 11.2. The number of anilines is 3. The molecule has 0 saturated heterocycles. The molecule has 1 heterocycles. The van der Waals surface area contributed by atoms with Crippen LogP contribution in [0.3, 0.4) is 0 Å². The first kappa shape index (κ1) is 18.1. The van der Waals surface area contributed by atoms with E-state index in [0.29, 0.717) is 38.6 Å². The molecule has 0 N–H and O–H groups in total. The fourth-order valence-electron chi connectivity index (χ4n) is 6.01. The van der Waals surface area contributed by atoms with E-state index in [-0.39, 0.29) is 16.7 Å². The molecule has 0 aliphatic heterocycles. The minimum absolute atomic E-state index is 0.0418.